The van der Waals surface area contributed by atoms with Gasteiger partial charge in [-0.3, -0.25) is 9.69 Å². The molecule has 1 atom stereocenters. The van der Waals surface area contributed by atoms with E-state index in [2.05, 4.69) is 5.32 Å². The lowest BCUT2D eigenvalue weighted by atomic mass is 10.1. The maximum absolute atomic E-state index is 12.1. The molecule has 3 N–H and O–H groups in total. The van der Waals surface area contributed by atoms with E-state index in [9.17, 15) is 9.59 Å². The average molecular weight is 298 g/mol. The first-order valence-corrected chi connectivity index (χ1v) is 6.43. The zero-order chi connectivity index (χ0) is 14.0. The highest BCUT2D eigenvalue weighted by Gasteiger charge is 2.38. The summed E-state index contributed by atoms with van der Waals surface area (Å²) in [6.07, 6.45) is 0.321. The minimum atomic E-state index is -0.670. The van der Waals surface area contributed by atoms with Gasteiger partial charge in [-0.25, -0.2) is 4.79 Å². The number of nitrogens with zero attached hydrogens (tertiary/aromatic N) is 1. The van der Waals surface area contributed by atoms with Gasteiger partial charge in [0.2, 0.25) is 0 Å². The Morgan fingerprint density at radius 3 is 2.58 bits per heavy atom. The molecule has 19 heavy (non-hydrogen) atoms. The predicted octanol–water partition coefficient (Wildman–Crippen LogP) is 1.61. The van der Waals surface area contributed by atoms with Crippen molar-refractivity contribution in [1.29, 1.82) is 0 Å². The maximum Gasteiger partial charge on any atom is 0.325 e. The maximum atomic E-state index is 12.1. The Balaban J connectivity index is 2.13. The Labute approximate surface area is 120 Å². The molecule has 1 aromatic carbocycles. The SMILES string of the molecule is NC(=S)CCN1C(=O)NC(c2ccc(Cl)cc2)C1=O. The number of imide groups is 1. The molecule has 1 heterocycles. The molecule has 1 fully saturated rings. The van der Waals surface area contributed by atoms with Crippen LogP contribution >= 0.6 is 23.8 Å². The van der Waals surface area contributed by atoms with Crippen LogP contribution in [0.2, 0.25) is 5.02 Å². The zero-order valence-electron chi connectivity index (χ0n) is 9.93. The van der Waals surface area contributed by atoms with Crippen molar-refractivity contribution in [3.8, 4) is 0 Å². The molecule has 1 aromatic rings. The topological polar surface area (TPSA) is 75.4 Å². The van der Waals surface area contributed by atoms with Crippen LogP contribution in [0, 0.1) is 0 Å². The van der Waals surface area contributed by atoms with Crippen molar-refractivity contribution >= 4 is 40.7 Å². The number of hydrogen-bond donors (Lipinski definition) is 2. The van der Waals surface area contributed by atoms with Gasteiger partial charge in [-0.15, -0.1) is 0 Å². The van der Waals surface area contributed by atoms with Crippen molar-refractivity contribution in [2.75, 3.05) is 6.54 Å². The standard InChI is InChI=1S/C12H12ClN3O2S/c13-8-3-1-7(2-4-8)10-11(17)16(12(18)15-10)6-5-9(14)19/h1-4,10H,5-6H2,(H2,14,19)(H,15,18). The Morgan fingerprint density at radius 1 is 1.37 bits per heavy atom. The Bertz CT molecular complexity index is 532. The van der Waals surface area contributed by atoms with E-state index in [0.29, 0.717) is 17.0 Å². The molecule has 3 amide bonds. The van der Waals surface area contributed by atoms with Crippen LogP contribution in [0.3, 0.4) is 0 Å². The van der Waals surface area contributed by atoms with E-state index in [1.807, 2.05) is 0 Å². The molecule has 0 saturated carbocycles. The third kappa shape index (κ3) is 3.02. The average Bonchev–Trinajstić information content (AvgIpc) is 2.63. The summed E-state index contributed by atoms with van der Waals surface area (Å²) in [6, 6.07) is 5.67. The summed E-state index contributed by atoms with van der Waals surface area (Å²) in [7, 11) is 0. The van der Waals surface area contributed by atoms with Gasteiger partial charge >= 0.3 is 6.03 Å². The van der Waals surface area contributed by atoms with Gasteiger partial charge in [0.25, 0.3) is 5.91 Å². The fraction of sp³-hybridized carbons (Fsp3) is 0.250. The minimum absolute atomic E-state index is 0.199. The number of halogens is 1. The number of thiocarbonyl (C=S) groups is 1. The van der Waals surface area contributed by atoms with E-state index in [4.69, 9.17) is 29.6 Å². The summed E-state index contributed by atoms with van der Waals surface area (Å²) in [4.78, 5) is 25.3. The van der Waals surface area contributed by atoms with Crippen LogP contribution in [0.15, 0.2) is 24.3 Å². The van der Waals surface area contributed by atoms with E-state index < -0.39 is 12.1 Å². The molecule has 1 saturated heterocycles. The highest BCUT2D eigenvalue weighted by molar-refractivity contribution is 7.80. The minimum Gasteiger partial charge on any atom is -0.393 e. The van der Waals surface area contributed by atoms with Gasteiger partial charge in [0.1, 0.15) is 6.04 Å². The lowest BCUT2D eigenvalue weighted by Gasteiger charge is -2.12. The number of carbonyl (C=O) groups excluding carboxylic acids is 2. The van der Waals surface area contributed by atoms with Gasteiger partial charge < -0.3 is 11.1 Å². The van der Waals surface area contributed by atoms with Crippen LogP contribution in [-0.2, 0) is 4.79 Å². The normalized spacial score (nSPS) is 18.6. The molecule has 2 rings (SSSR count). The molecule has 0 bridgehead atoms. The quantitative estimate of drug-likeness (QED) is 0.654. The van der Waals surface area contributed by atoms with Crippen LogP contribution < -0.4 is 11.1 Å². The fourth-order valence-corrected chi connectivity index (χ4v) is 2.05. The van der Waals surface area contributed by atoms with Crippen molar-refractivity contribution in [3.63, 3.8) is 0 Å². The predicted molar refractivity (Wildman–Crippen MR) is 75.8 cm³/mol. The van der Waals surface area contributed by atoms with Gasteiger partial charge in [0, 0.05) is 18.0 Å². The van der Waals surface area contributed by atoms with Gasteiger partial charge in [0.05, 0.1) is 4.99 Å². The van der Waals surface area contributed by atoms with Crippen molar-refractivity contribution in [2.24, 2.45) is 5.73 Å². The molecule has 0 aromatic heterocycles. The van der Waals surface area contributed by atoms with Crippen molar-refractivity contribution in [3.05, 3.63) is 34.9 Å². The molecular weight excluding hydrogens is 286 g/mol. The first kappa shape index (κ1) is 13.8. The first-order chi connectivity index (χ1) is 8.99. The summed E-state index contributed by atoms with van der Waals surface area (Å²) in [5.41, 5.74) is 6.07. The van der Waals surface area contributed by atoms with Crippen molar-refractivity contribution < 1.29 is 9.59 Å². The molecule has 100 valence electrons. The fourth-order valence-electron chi connectivity index (χ4n) is 1.83. The molecule has 0 spiro atoms. The Hall–Kier alpha value is -1.66. The number of rotatable bonds is 4. The third-order valence-electron chi connectivity index (χ3n) is 2.81. The second-order valence-corrected chi connectivity index (χ2v) is 5.10. The van der Waals surface area contributed by atoms with E-state index in [0.717, 1.165) is 4.90 Å². The van der Waals surface area contributed by atoms with Crippen molar-refractivity contribution in [2.45, 2.75) is 12.5 Å². The number of amides is 3. The Kier molecular flexibility index (Phi) is 4.01. The van der Waals surface area contributed by atoms with Gasteiger partial charge in [-0.2, -0.15) is 0 Å². The second kappa shape index (κ2) is 5.54. The highest BCUT2D eigenvalue weighted by Crippen LogP contribution is 2.23. The second-order valence-electron chi connectivity index (χ2n) is 4.14. The summed E-state index contributed by atoms with van der Waals surface area (Å²) >= 11 is 10.5. The largest absolute Gasteiger partial charge is 0.393 e. The molecule has 1 aliphatic rings. The molecule has 7 heteroatoms. The van der Waals surface area contributed by atoms with Crippen LogP contribution in [0.1, 0.15) is 18.0 Å². The number of benzene rings is 1. The lowest BCUT2D eigenvalue weighted by Crippen LogP contribution is -2.33. The number of nitrogens with two attached hydrogens (primary N) is 1. The summed E-state index contributed by atoms with van der Waals surface area (Å²) in [5.74, 6) is -0.302. The van der Waals surface area contributed by atoms with E-state index in [1.165, 1.54) is 0 Å². The molecule has 0 radical (unpaired) electrons. The van der Waals surface area contributed by atoms with E-state index in [-0.39, 0.29) is 17.4 Å². The molecule has 0 aliphatic carbocycles. The Morgan fingerprint density at radius 2 is 2.00 bits per heavy atom. The number of nitrogens with one attached hydrogen (secondary N) is 1. The van der Waals surface area contributed by atoms with Gasteiger partial charge in [-0.05, 0) is 17.7 Å². The third-order valence-corrected chi connectivity index (χ3v) is 3.27. The van der Waals surface area contributed by atoms with Crippen LogP contribution in [0.4, 0.5) is 4.79 Å². The summed E-state index contributed by atoms with van der Waals surface area (Å²) in [5, 5.41) is 3.20. The first-order valence-electron chi connectivity index (χ1n) is 5.64. The van der Waals surface area contributed by atoms with Crippen LogP contribution in [-0.4, -0.2) is 28.4 Å². The molecular formula is C12H12ClN3O2S. The summed E-state index contributed by atoms with van der Waals surface area (Å²) < 4.78 is 0. The smallest absolute Gasteiger partial charge is 0.325 e. The number of urea groups is 1. The lowest BCUT2D eigenvalue weighted by molar-refractivity contribution is -0.127. The van der Waals surface area contributed by atoms with Crippen molar-refractivity contribution in [1.82, 2.24) is 10.2 Å². The zero-order valence-corrected chi connectivity index (χ0v) is 11.5. The van der Waals surface area contributed by atoms with Gasteiger partial charge in [0.15, 0.2) is 0 Å². The number of carbonyl (C=O) groups is 2. The highest BCUT2D eigenvalue weighted by atomic mass is 35.5. The van der Waals surface area contributed by atoms with E-state index in [1.54, 1.807) is 24.3 Å². The van der Waals surface area contributed by atoms with Gasteiger partial charge in [-0.1, -0.05) is 36.0 Å². The summed E-state index contributed by atoms with van der Waals surface area (Å²) in [6.45, 7) is 0.199. The molecule has 1 aliphatic heterocycles. The number of hydrogen-bond acceptors (Lipinski definition) is 3. The molecule has 5 nitrogen and oxygen atoms in total. The van der Waals surface area contributed by atoms with Crippen LogP contribution in [0.5, 0.6) is 0 Å². The van der Waals surface area contributed by atoms with E-state index >= 15 is 0 Å². The molecule has 1 unspecified atom stereocenters. The van der Waals surface area contributed by atoms with Crippen LogP contribution in [0.25, 0.3) is 0 Å². The monoisotopic (exact) mass is 297 g/mol.